The number of sulfonamides is 1. The first-order chi connectivity index (χ1) is 8.56. The van der Waals surface area contributed by atoms with E-state index >= 15 is 0 Å². The molecule has 0 aliphatic rings. The molecule has 1 rings (SSSR count). The van der Waals surface area contributed by atoms with Gasteiger partial charge in [-0.2, -0.15) is 4.31 Å². The summed E-state index contributed by atoms with van der Waals surface area (Å²) in [6, 6.07) is 6.51. The second kappa shape index (κ2) is 6.75. The molecule has 0 saturated heterocycles. The van der Waals surface area contributed by atoms with Crippen molar-refractivity contribution in [2.45, 2.75) is 31.6 Å². The molecule has 102 valence electrons. The van der Waals surface area contributed by atoms with Crippen LogP contribution in [-0.2, 0) is 10.0 Å². The summed E-state index contributed by atoms with van der Waals surface area (Å²) in [5.41, 5.74) is 0. The molecular formula is C13H21NO3S. The van der Waals surface area contributed by atoms with Gasteiger partial charge >= 0.3 is 0 Å². The van der Waals surface area contributed by atoms with Crippen molar-refractivity contribution in [1.82, 2.24) is 4.31 Å². The van der Waals surface area contributed by atoms with Crippen LogP contribution in [0.25, 0.3) is 0 Å². The zero-order valence-electron chi connectivity index (χ0n) is 11.2. The lowest BCUT2D eigenvalue weighted by atomic mass is 10.3. The first kappa shape index (κ1) is 15.0. The summed E-state index contributed by atoms with van der Waals surface area (Å²) in [5, 5.41) is 0. The minimum absolute atomic E-state index is 0.321. The Balaban J connectivity index is 2.95. The van der Waals surface area contributed by atoms with Gasteiger partial charge in [0.1, 0.15) is 5.75 Å². The highest BCUT2D eigenvalue weighted by atomic mass is 32.2. The molecule has 0 aliphatic carbocycles. The topological polar surface area (TPSA) is 46.6 Å². The van der Waals surface area contributed by atoms with Gasteiger partial charge in [-0.1, -0.05) is 20.3 Å². The van der Waals surface area contributed by atoms with Gasteiger partial charge in [0, 0.05) is 13.1 Å². The molecule has 0 aliphatic heterocycles. The van der Waals surface area contributed by atoms with E-state index in [4.69, 9.17) is 4.74 Å². The molecule has 0 spiro atoms. The van der Waals surface area contributed by atoms with Crippen molar-refractivity contribution in [3.63, 3.8) is 0 Å². The molecule has 0 heterocycles. The van der Waals surface area contributed by atoms with Gasteiger partial charge in [-0.3, -0.25) is 0 Å². The van der Waals surface area contributed by atoms with Gasteiger partial charge in [0.05, 0.1) is 12.0 Å². The van der Waals surface area contributed by atoms with E-state index in [0.29, 0.717) is 23.7 Å². The van der Waals surface area contributed by atoms with Gasteiger partial charge in [0.15, 0.2) is 0 Å². The number of ether oxygens (including phenoxy) is 1. The number of hydrogen-bond donors (Lipinski definition) is 0. The largest absolute Gasteiger partial charge is 0.497 e. The van der Waals surface area contributed by atoms with Crippen LogP contribution in [0.15, 0.2) is 29.2 Å². The van der Waals surface area contributed by atoms with E-state index in [-0.39, 0.29) is 0 Å². The summed E-state index contributed by atoms with van der Waals surface area (Å²) in [6.45, 7) is 4.97. The summed E-state index contributed by atoms with van der Waals surface area (Å²) >= 11 is 0. The van der Waals surface area contributed by atoms with Crippen LogP contribution in [0.4, 0.5) is 0 Å². The maximum absolute atomic E-state index is 12.4. The number of unbranched alkanes of at least 4 members (excludes halogenated alkanes) is 1. The molecule has 0 bridgehead atoms. The van der Waals surface area contributed by atoms with Crippen LogP contribution in [-0.4, -0.2) is 32.9 Å². The highest BCUT2D eigenvalue weighted by molar-refractivity contribution is 7.89. The molecule has 4 nitrogen and oxygen atoms in total. The molecule has 0 radical (unpaired) electrons. The number of rotatable bonds is 7. The van der Waals surface area contributed by atoms with Crippen LogP contribution in [0, 0.1) is 0 Å². The normalized spacial score (nSPS) is 11.8. The lowest BCUT2D eigenvalue weighted by molar-refractivity contribution is 0.412. The molecule has 0 fully saturated rings. The minimum atomic E-state index is -3.37. The van der Waals surface area contributed by atoms with Gasteiger partial charge in [-0.25, -0.2) is 8.42 Å². The molecular weight excluding hydrogens is 250 g/mol. The fraction of sp³-hybridized carbons (Fsp3) is 0.538. The molecule has 1 aromatic carbocycles. The predicted octanol–water partition coefficient (Wildman–Crippen LogP) is 2.51. The first-order valence-electron chi connectivity index (χ1n) is 6.20. The average molecular weight is 271 g/mol. The Morgan fingerprint density at radius 3 is 2.22 bits per heavy atom. The molecule has 0 amide bonds. The highest BCUT2D eigenvalue weighted by Crippen LogP contribution is 2.19. The number of nitrogens with zero attached hydrogens (tertiary/aromatic N) is 1. The molecule has 5 heteroatoms. The van der Waals surface area contributed by atoms with E-state index < -0.39 is 10.0 Å². The summed E-state index contributed by atoms with van der Waals surface area (Å²) in [7, 11) is -1.81. The second-order valence-electron chi connectivity index (χ2n) is 4.03. The monoisotopic (exact) mass is 271 g/mol. The van der Waals surface area contributed by atoms with E-state index in [1.807, 2.05) is 13.8 Å². The summed E-state index contributed by atoms with van der Waals surface area (Å²) < 4.78 is 31.2. The van der Waals surface area contributed by atoms with Crippen molar-refractivity contribution in [3.05, 3.63) is 24.3 Å². The molecule has 18 heavy (non-hydrogen) atoms. The van der Waals surface area contributed by atoms with Gasteiger partial charge in [0.2, 0.25) is 10.0 Å². The van der Waals surface area contributed by atoms with Crippen molar-refractivity contribution < 1.29 is 13.2 Å². The lowest BCUT2D eigenvalue weighted by Crippen LogP contribution is -2.31. The van der Waals surface area contributed by atoms with Crippen molar-refractivity contribution in [2.75, 3.05) is 20.2 Å². The molecule has 0 aromatic heterocycles. The SMILES string of the molecule is CCCCN(CC)S(=O)(=O)c1ccc(OC)cc1. The second-order valence-corrected chi connectivity index (χ2v) is 5.96. The van der Waals surface area contributed by atoms with Gasteiger partial charge in [-0.05, 0) is 30.7 Å². The van der Waals surface area contributed by atoms with Crippen LogP contribution in [0.5, 0.6) is 5.75 Å². The van der Waals surface area contributed by atoms with Gasteiger partial charge in [0.25, 0.3) is 0 Å². The Morgan fingerprint density at radius 2 is 1.78 bits per heavy atom. The zero-order valence-corrected chi connectivity index (χ0v) is 12.0. The van der Waals surface area contributed by atoms with Crippen molar-refractivity contribution in [2.24, 2.45) is 0 Å². The zero-order chi connectivity index (χ0) is 13.6. The Kier molecular flexibility index (Phi) is 5.62. The van der Waals surface area contributed by atoms with E-state index in [9.17, 15) is 8.42 Å². The van der Waals surface area contributed by atoms with Gasteiger partial charge < -0.3 is 4.74 Å². The fourth-order valence-corrected chi connectivity index (χ4v) is 3.17. The minimum Gasteiger partial charge on any atom is -0.497 e. The van der Waals surface area contributed by atoms with E-state index in [2.05, 4.69) is 0 Å². The maximum atomic E-state index is 12.4. The molecule has 0 N–H and O–H groups in total. The predicted molar refractivity (Wildman–Crippen MR) is 72.3 cm³/mol. The van der Waals surface area contributed by atoms with Crippen LogP contribution in [0.1, 0.15) is 26.7 Å². The standard InChI is InChI=1S/C13H21NO3S/c1-4-6-11-14(5-2)18(15,16)13-9-7-12(17-3)8-10-13/h7-10H,4-6,11H2,1-3H3. The summed E-state index contributed by atoms with van der Waals surface area (Å²) in [6.07, 6.45) is 1.86. The van der Waals surface area contributed by atoms with Crippen LogP contribution >= 0.6 is 0 Å². The van der Waals surface area contributed by atoms with E-state index in [1.54, 1.807) is 31.4 Å². The Bertz CT molecular complexity index is 454. The van der Waals surface area contributed by atoms with Crippen molar-refractivity contribution in [1.29, 1.82) is 0 Å². The maximum Gasteiger partial charge on any atom is 0.243 e. The average Bonchev–Trinajstić information content (AvgIpc) is 2.39. The molecule has 0 saturated carbocycles. The van der Waals surface area contributed by atoms with Crippen LogP contribution in [0.2, 0.25) is 0 Å². The third-order valence-electron chi connectivity index (χ3n) is 2.81. The third kappa shape index (κ3) is 3.46. The van der Waals surface area contributed by atoms with E-state index in [0.717, 1.165) is 12.8 Å². The van der Waals surface area contributed by atoms with Crippen molar-refractivity contribution >= 4 is 10.0 Å². The smallest absolute Gasteiger partial charge is 0.243 e. The third-order valence-corrected chi connectivity index (χ3v) is 4.80. The van der Waals surface area contributed by atoms with E-state index in [1.165, 1.54) is 4.31 Å². The lowest BCUT2D eigenvalue weighted by Gasteiger charge is -2.20. The number of methoxy groups -OCH3 is 1. The Hall–Kier alpha value is -1.07. The van der Waals surface area contributed by atoms with Crippen molar-refractivity contribution in [3.8, 4) is 5.75 Å². The van der Waals surface area contributed by atoms with Gasteiger partial charge in [-0.15, -0.1) is 0 Å². The number of benzene rings is 1. The summed E-state index contributed by atoms with van der Waals surface area (Å²) in [5.74, 6) is 0.658. The molecule has 0 atom stereocenters. The van der Waals surface area contributed by atoms with Crippen LogP contribution in [0.3, 0.4) is 0 Å². The Morgan fingerprint density at radius 1 is 1.17 bits per heavy atom. The number of hydrogen-bond acceptors (Lipinski definition) is 3. The fourth-order valence-electron chi connectivity index (χ4n) is 1.68. The molecule has 0 unspecified atom stereocenters. The summed E-state index contributed by atoms with van der Waals surface area (Å²) in [4.78, 5) is 0.321. The van der Waals surface area contributed by atoms with Crippen LogP contribution < -0.4 is 4.74 Å². The Labute approximate surface area is 110 Å². The first-order valence-corrected chi connectivity index (χ1v) is 7.64. The molecule has 1 aromatic rings. The quantitative estimate of drug-likeness (QED) is 0.765. The highest BCUT2D eigenvalue weighted by Gasteiger charge is 2.22.